The smallest absolute Gasteiger partial charge is 0.346 e. The van der Waals surface area contributed by atoms with Crippen LogP contribution in [0.4, 0.5) is 13.2 Å². The largest absolute Gasteiger partial charge is 0.416 e. The summed E-state index contributed by atoms with van der Waals surface area (Å²) in [5, 5.41) is 7.70. The Morgan fingerprint density at radius 1 is 1.12 bits per heavy atom. The van der Waals surface area contributed by atoms with Gasteiger partial charge in [0.2, 0.25) is 10.0 Å². The second-order valence-corrected chi connectivity index (χ2v) is 7.40. The first-order valence-electron chi connectivity index (χ1n) is 7.51. The van der Waals surface area contributed by atoms with Gasteiger partial charge in [-0.25, -0.2) is 13.6 Å². The fraction of sp³-hybridized carbons (Fsp3) is 0.235. The molecule has 5 nitrogen and oxygen atoms in total. The van der Waals surface area contributed by atoms with Gasteiger partial charge >= 0.3 is 6.18 Å². The molecule has 0 unspecified atom stereocenters. The van der Waals surface area contributed by atoms with Gasteiger partial charge in [-0.15, -0.1) is 0 Å². The van der Waals surface area contributed by atoms with Crippen molar-refractivity contribution < 1.29 is 26.4 Å². The van der Waals surface area contributed by atoms with Crippen LogP contribution in [-0.4, -0.2) is 14.3 Å². The van der Waals surface area contributed by atoms with Gasteiger partial charge in [0.25, 0.3) is 5.91 Å². The second-order valence-electron chi connectivity index (χ2n) is 5.84. The number of halogens is 3. The monoisotopic (exact) mass is 386 g/mol. The normalized spacial score (nSPS) is 13.3. The zero-order valence-electron chi connectivity index (χ0n) is 14.0. The fourth-order valence-electron chi connectivity index (χ4n) is 2.34. The van der Waals surface area contributed by atoms with Crippen molar-refractivity contribution >= 4 is 15.9 Å². The number of aryl methyl sites for hydroxylation is 1. The van der Waals surface area contributed by atoms with E-state index in [1.165, 1.54) is 30.3 Å². The van der Waals surface area contributed by atoms with Crippen LogP contribution >= 0.6 is 0 Å². The second kappa shape index (κ2) is 7.08. The summed E-state index contributed by atoms with van der Waals surface area (Å²) in [6.07, 6.45) is -4.43. The number of nitrogens with one attached hydrogen (secondary N) is 1. The molecule has 0 fully saturated rings. The zero-order chi connectivity index (χ0) is 19.7. The first kappa shape index (κ1) is 19.9. The molecule has 3 N–H and O–H groups in total. The molecule has 0 aliphatic rings. The lowest BCUT2D eigenvalue weighted by Crippen LogP contribution is -2.27. The predicted molar refractivity (Wildman–Crippen MR) is 89.9 cm³/mol. The average Bonchev–Trinajstić information content (AvgIpc) is 2.53. The van der Waals surface area contributed by atoms with E-state index in [-0.39, 0.29) is 10.5 Å². The van der Waals surface area contributed by atoms with Crippen molar-refractivity contribution in [1.29, 1.82) is 0 Å². The minimum Gasteiger partial charge on any atom is -0.346 e. The van der Waals surface area contributed by atoms with Gasteiger partial charge < -0.3 is 5.32 Å². The maximum atomic E-state index is 12.6. The van der Waals surface area contributed by atoms with Crippen LogP contribution in [0.1, 0.15) is 40.0 Å². The van der Waals surface area contributed by atoms with E-state index in [0.29, 0.717) is 11.1 Å². The van der Waals surface area contributed by atoms with Crippen molar-refractivity contribution in [3.05, 3.63) is 64.7 Å². The number of nitrogens with two attached hydrogens (primary N) is 1. The number of primary sulfonamides is 1. The SMILES string of the molecule is Cc1ccc(S(N)(=O)=O)cc1C(=O)N[C@@H](C)c1ccc(C(F)(F)F)cc1. The Morgan fingerprint density at radius 2 is 1.69 bits per heavy atom. The Kier molecular flexibility index (Phi) is 5.43. The van der Waals surface area contributed by atoms with Gasteiger partial charge in [0, 0.05) is 5.56 Å². The first-order valence-corrected chi connectivity index (χ1v) is 9.05. The van der Waals surface area contributed by atoms with Crippen molar-refractivity contribution in [2.45, 2.75) is 31.0 Å². The third-order valence-electron chi connectivity index (χ3n) is 3.87. The number of amides is 1. The van der Waals surface area contributed by atoms with Gasteiger partial charge in [0.05, 0.1) is 16.5 Å². The third-order valence-corrected chi connectivity index (χ3v) is 4.78. The molecule has 1 amide bonds. The Morgan fingerprint density at radius 3 is 2.19 bits per heavy atom. The Hall–Kier alpha value is -2.39. The Balaban J connectivity index is 2.22. The lowest BCUT2D eigenvalue weighted by atomic mass is 10.0. The van der Waals surface area contributed by atoms with E-state index >= 15 is 0 Å². The Labute approximate surface area is 149 Å². The Bertz CT molecular complexity index is 923. The van der Waals surface area contributed by atoms with Crippen molar-refractivity contribution in [3.63, 3.8) is 0 Å². The van der Waals surface area contributed by atoms with Gasteiger partial charge in [0.15, 0.2) is 0 Å². The number of hydrogen-bond donors (Lipinski definition) is 2. The van der Waals surface area contributed by atoms with Gasteiger partial charge in [-0.2, -0.15) is 13.2 Å². The maximum Gasteiger partial charge on any atom is 0.416 e. The molecule has 0 spiro atoms. The summed E-state index contributed by atoms with van der Waals surface area (Å²) in [6, 6.07) is 7.76. The van der Waals surface area contributed by atoms with E-state index in [1.54, 1.807) is 13.8 Å². The summed E-state index contributed by atoms with van der Waals surface area (Å²) in [7, 11) is -3.96. The predicted octanol–water partition coefficient (Wildman–Crippen LogP) is 3.15. The molecule has 9 heteroatoms. The number of hydrogen-bond acceptors (Lipinski definition) is 3. The molecule has 26 heavy (non-hydrogen) atoms. The molecule has 1 atom stereocenters. The van der Waals surface area contributed by atoms with E-state index in [4.69, 9.17) is 5.14 Å². The highest BCUT2D eigenvalue weighted by molar-refractivity contribution is 7.89. The summed E-state index contributed by atoms with van der Waals surface area (Å²) >= 11 is 0. The molecule has 0 radical (unpaired) electrons. The van der Waals surface area contributed by atoms with E-state index in [1.807, 2.05) is 0 Å². The summed E-state index contributed by atoms with van der Waals surface area (Å²) in [5.74, 6) is -0.555. The minimum atomic E-state index is -4.43. The van der Waals surface area contributed by atoms with Gasteiger partial charge in [-0.1, -0.05) is 18.2 Å². The summed E-state index contributed by atoms with van der Waals surface area (Å²) < 4.78 is 60.7. The maximum absolute atomic E-state index is 12.6. The highest BCUT2D eigenvalue weighted by atomic mass is 32.2. The van der Waals surface area contributed by atoms with Crippen molar-refractivity contribution in [2.24, 2.45) is 5.14 Å². The molecule has 0 saturated heterocycles. The van der Waals surface area contributed by atoms with Crippen LogP contribution < -0.4 is 10.5 Å². The first-order chi connectivity index (χ1) is 11.9. The zero-order valence-corrected chi connectivity index (χ0v) is 14.8. The van der Waals surface area contributed by atoms with Crippen LogP contribution in [0.5, 0.6) is 0 Å². The van der Waals surface area contributed by atoms with Gasteiger partial charge in [0.1, 0.15) is 0 Å². The van der Waals surface area contributed by atoms with Crippen LogP contribution in [0, 0.1) is 6.92 Å². The lowest BCUT2D eigenvalue weighted by molar-refractivity contribution is -0.137. The molecule has 0 bridgehead atoms. The highest BCUT2D eigenvalue weighted by Gasteiger charge is 2.30. The van der Waals surface area contributed by atoms with Crippen LogP contribution in [0.25, 0.3) is 0 Å². The molecule has 0 saturated carbocycles. The van der Waals surface area contributed by atoms with Crippen molar-refractivity contribution in [2.75, 3.05) is 0 Å². The summed E-state index contributed by atoms with van der Waals surface area (Å²) in [4.78, 5) is 12.2. The average molecular weight is 386 g/mol. The van der Waals surface area contributed by atoms with E-state index in [0.717, 1.165) is 12.1 Å². The highest BCUT2D eigenvalue weighted by Crippen LogP contribution is 2.30. The minimum absolute atomic E-state index is 0.121. The summed E-state index contributed by atoms with van der Waals surface area (Å²) in [5.41, 5.74) is 0.355. The van der Waals surface area contributed by atoms with E-state index < -0.39 is 33.7 Å². The molecule has 2 rings (SSSR count). The quantitative estimate of drug-likeness (QED) is 0.846. The number of sulfonamides is 1. The standard InChI is InChI=1S/C17H17F3N2O3S/c1-10-3-8-14(26(21,24)25)9-15(10)16(23)22-11(2)12-4-6-13(7-5-12)17(18,19)20/h3-9,11H,1-2H3,(H,22,23)(H2,21,24,25)/t11-/m0/s1. The fourth-order valence-corrected chi connectivity index (χ4v) is 2.88. The molecular formula is C17H17F3N2O3S. The third kappa shape index (κ3) is 4.61. The molecule has 0 aliphatic heterocycles. The van der Waals surface area contributed by atoms with Crippen LogP contribution in [-0.2, 0) is 16.2 Å². The number of benzene rings is 2. The molecule has 2 aromatic rings. The number of rotatable bonds is 4. The topological polar surface area (TPSA) is 89.3 Å². The lowest BCUT2D eigenvalue weighted by Gasteiger charge is -2.16. The van der Waals surface area contributed by atoms with Gasteiger partial charge in [-0.3, -0.25) is 4.79 Å². The summed E-state index contributed by atoms with van der Waals surface area (Å²) in [6.45, 7) is 3.24. The number of carbonyl (C=O) groups excluding carboxylic acids is 1. The molecule has 140 valence electrons. The number of alkyl halides is 3. The molecule has 0 aliphatic carbocycles. The molecule has 2 aromatic carbocycles. The molecule has 0 heterocycles. The van der Waals surface area contributed by atoms with Crippen LogP contribution in [0.2, 0.25) is 0 Å². The van der Waals surface area contributed by atoms with Crippen molar-refractivity contribution in [3.8, 4) is 0 Å². The van der Waals surface area contributed by atoms with Gasteiger partial charge in [-0.05, 0) is 49.2 Å². The van der Waals surface area contributed by atoms with Crippen molar-refractivity contribution in [1.82, 2.24) is 5.32 Å². The molecule has 0 aromatic heterocycles. The molecular weight excluding hydrogens is 369 g/mol. The van der Waals surface area contributed by atoms with Crippen LogP contribution in [0.15, 0.2) is 47.4 Å². The van der Waals surface area contributed by atoms with E-state index in [2.05, 4.69) is 5.32 Å². The van der Waals surface area contributed by atoms with Crippen LogP contribution in [0.3, 0.4) is 0 Å². The number of carbonyl (C=O) groups is 1. The van der Waals surface area contributed by atoms with E-state index in [9.17, 15) is 26.4 Å².